The first-order valence-corrected chi connectivity index (χ1v) is 8.94. The van der Waals surface area contributed by atoms with Gasteiger partial charge in [0.05, 0.1) is 28.1 Å². The molecule has 0 saturated heterocycles. The highest BCUT2D eigenvalue weighted by atomic mass is 35.5. The van der Waals surface area contributed by atoms with Gasteiger partial charge in [0.15, 0.2) is 0 Å². The fraction of sp³-hybridized carbons (Fsp3) is 0.211. The SMILES string of the molecule is CC(C)Oc1ccccc1C=NNC(=O)CC(=O)Nc1cccc(Cl)c1Cl. The molecule has 0 aliphatic rings. The van der Waals surface area contributed by atoms with Crippen LogP contribution in [0.4, 0.5) is 5.69 Å². The van der Waals surface area contributed by atoms with E-state index in [-0.39, 0.29) is 11.1 Å². The van der Waals surface area contributed by atoms with E-state index in [9.17, 15) is 9.59 Å². The Morgan fingerprint density at radius 2 is 1.85 bits per heavy atom. The monoisotopic (exact) mass is 407 g/mol. The molecule has 0 bridgehead atoms. The molecular formula is C19H19Cl2N3O3. The molecule has 2 amide bonds. The number of amides is 2. The van der Waals surface area contributed by atoms with Gasteiger partial charge in [-0.3, -0.25) is 9.59 Å². The number of ether oxygens (including phenoxy) is 1. The molecule has 0 aliphatic carbocycles. The van der Waals surface area contributed by atoms with Crippen molar-refractivity contribution in [3.63, 3.8) is 0 Å². The van der Waals surface area contributed by atoms with Crippen molar-refractivity contribution >= 4 is 46.9 Å². The minimum absolute atomic E-state index is 0.0103. The van der Waals surface area contributed by atoms with Crippen LogP contribution in [0.25, 0.3) is 0 Å². The Kier molecular flexibility index (Phi) is 7.64. The summed E-state index contributed by atoms with van der Waals surface area (Å²) in [6.45, 7) is 3.83. The molecule has 142 valence electrons. The van der Waals surface area contributed by atoms with Crippen LogP contribution < -0.4 is 15.5 Å². The molecule has 2 aromatic carbocycles. The van der Waals surface area contributed by atoms with Crippen LogP contribution in [0.1, 0.15) is 25.8 Å². The lowest BCUT2D eigenvalue weighted by Crippen LogP contribution is -2.24. The first-order chi connectivity index (χ1) is 12.9. The molecule has 0 heterocycles. The average molecular weight is 408 g/mol. The van der Waals surface area contributed by atoms with Crippen LogP contribution in [-0.2, 0) is 9.59 Å². The van der Waals surface area contributed by atoms with E-state index in [4.69, 9.17) is 27.9 Å². The molecule has 2 rings (SSSR count). The van der Waals surface area contributed by atoms with Crippen LogP contribution in [0.3, 0.4) is 0 Å². The number of carbonyl (C=O) groups excluding carboxylic acids is 2. The number of hydrazone groups is 1. The molecule has 0 spiro atoms. The molecule has 0 unspecified atom stereocenters. The normalized spacial score (nSPS) is 10.9. The van der Waals surface area contributed by atoms with E-state index in [1.165, 1.54) is 6.21 Å². The van der Waals surface area contributed by atoms with Gasteiger partial charge in [-0.05, 0) is 38.1 Å². The molecule has 2 N–H and O–H groups in total. The molecule has 0 aromatic heterocycles. The summed E-state index contributed by atoms with van der Waals surface area (Å²) < 4.78 is 5.66. The van der Waals surface area contributed by atoms with Crippen molar-refractivity contribution in [2.45, 2.75) is 26.4 Å². The van der Waals surface area contributed by atoms with Crippen molar-refractivity contribution in [2.75, 3.05) is 5.32 Å². The topological polar surface area (TPSA) is 79.8 Å². The molecule has 27 heavy (non-hydrogen) atoms. The summed E-state index contributed by atoms with van der Waals surface area (Å²) in [6, 6.07) is 12.1. The molecule has 0 saturated carbocycles. The van der Waals surface area contributed by atoms with E-state index in [2.05, 4.69) is 15.8 Å². The standard InChI is InChI=1S/C19H19Cl2N3O3/c1-12(2)27-16-9-4-3-6-13(16)11-22-24-18(26)10-17(25)23-15-8-5-7-14(20)19(15)21/h3-9,11-12H,10H2,1-2H3,(H,23,25)(H,24,26). The van der Waals surface area contributed by atoms with E-state index >= 15 is 0 Å². The van der Waals surface area contributed by atoms with Crippen LogP contribution in [-0.4, -0.2) is 24.1 Å². The molecular weight excluding hydrogens is 389 g/mol. The molecule has 0 fully saturated rings. The number of hydrogen-bond donors (Lipinski definition) is 2. The van der Waals surface area contributed by atoms with Crippen molar-refractivity contribution in [3.05, 3.63) is 58.1 Å². The minimum atomic E-state index is -0.566. The number of rotatable bonds is 7. The summed E-state index contributed by atoms with van der Waals surface area (Å²) in [6.07, 6.45) is 1.06. The number of nitrogens with zero attached hydrogens (tertiary/aromatic N) is 1. The summed E-state index contributed by atoms with van der Waals surface area (Å²) in [4.78, 5) is 23.8. The number of benzene rings is 2. The predicted molar refractivity (Wildman–Crippen MR) is 108 cm³/mol. The van der Waals surface area contributed by atoms with Crippen molar-refractivity contribution in [1.29, 1.82) is 0 Å². The fourth-order valence-corrected chi connectivity index (χ4v) is 2.45. The van der Waals surface area contributed by atoms with Crippen LogP contribution >= 0.6 is 23.2 Å². The van der Waals surface area contributed by atoms with E-state index in [1.54, 1.807) is 24.3 Å². The second-order valence-electron chi connectivity index (χ2n) is 5.82. The van der Waals surface area contributed by atoms with Gasteiger partial charge in [0, 0.05) is 5.56 Å². The smallest absolute Gasteiger partial charge is 0.249 e. The first kappa shape index (κ1) is 20.7. The van der Waals surface area contributed by atoms with Gasteiger partial charge >= 0.3 is 0 Å². The number of carbonyl (C=O) groups is 2. The zero-order chi connectivity index (χ0) is 19.8. The highest BCUT2D eigenvalue weighted by molar-refractivity contribution is 6.44. The first-order valence-electron chi connectivity index (χ1n) is 8.18. The van der Waals surface area contributed by atoms with Gasteiger partial charge in [0.25, 0.3) is 0 Å². The van der Waals surface area contributed by atoms with Crippen molar-refractivity contribution < 1.29 is 14.3 Å². The maximum atomic E-state index is 11.9. The number of halogens is 2. The fourth-order valence-electron chi connectivity index (χ4n) is 2.10. The Hall–Kier alpha value is -2.57. The Labute approximate surface area is 167 Å². The number of hydrogen-bond acceptors (Lipinski definition) is 4. The quantitative estimate of drug-likeness (QED) is 0.408. The van der Waals surface area contributed by atoms with Gasteiger partial charge in [-0.15, -0.1) is 0 Å². The van der Waals surface area contributed by atoms with Gasteiger partial charge in [0.2, 0.25) is 11.8 Å². The van der Waals surface area contributed by atoms with Crippen LogP contribution in [0, 0.1) is 0 Å². The summed E-state index contributed by atoms with van der Waals surface area (Å²) in [5.74, 6) is -0.446. The number of para-hydroxylation sites is 1. The Morgan fingerprint density at radius 1 is 1.11 bits per heavy atom. The molecule has 2 aromatic rings. The average Bonchev–Trinajstić information content (AvgIpc) is 2.60. The van der Waals surface area contributed by atoms with Gasteiger partial charge in [-0.2, -0.15) is 5.10 Å². The molecule has 6 nitrogen and oxygen atoms in total. The summed E-state index contributed by atoms with van der Waals surface area (Å²) in [5.41, 5.74) is 3.36. The third-order valence-corrected chi connectivity index (χ3v) is 4.04. The third kappa shape index (κ3) is 6.58. The van der Waals surface area contributed by atoms with Gasteiger partial charge < -0.3 is 10.1 Å². The van der Waals surface area contributed by atoms with Gasteiger partial charge in [-0.25, -0.2) is 5.43 Å². The van der Waals surface area contributed by atoms with Crippen molar-refractivity contribution in [1.82, 2.24) is 5.43 Å². The van der Waals surface area contributed by atoms with Crippen LogP contribution in [0.5, 0.6) is 5.75 Å². The predicted octanol–water partition coefficient (Wildman–Crippen LogP) is 4.26. The summed E-state index contributed by atoms with van der Waals surface area (Å²) in [5, 5.41) is 6.93. The molecule has 0 aliphatic heterocycles. The highest BCUT2D eigenvalue weighted by Gasteiger charge is 2.12. The summed E-state index contributed by atoms with van der Waals surface area (Å²) >= 11 is 11.9. The maximum Gasteiger partial charge on any atom is 0.249 e. The van der Waals surface area contributed by atoms with E-state index in [0.717, 1.165) is 0 Å². The second-order valence-corrected chi connectivity index (χ2v) is 6.61. The number of anilines is 1. The lowest BCUT2D eigenvalue weighted by Gasteiger charge is -2.11. The van der Waals surface area contributed by atoms with Gasteiger partial charge in [-0.1, -0.05) is 41.4 Å². The zero-order valence-corrected chi connectivity index (χ0v) is 16.3. The molecule has 0 radical (unpaired) electrons. The molecule has 8 heteroatoms. The zero-order valence-electron chi connectivity index (χ0n) is 14.8. The van der Waals surface area contributed by atoms with Crippen LogP contribution in [0.15, 0.2) is 47.6 Å². The number of nitrogens with one attached hydrogen (secondary N) is 2. The lowest BCUT2D eigenvalue weighted by atomic mass is 10.2. The maximum absolute atomic E-state index is 11.9. The Morgan fingerprint density at radius 3 is 2.59 bits per heavy atom. The Bertz CT molecular complexity index is 854. The largest absolute Gasteiger partial charge is 0.490 e. The van der Waals surface area contributed by atoms with E-state index < -0.39 is 18.2 Å². The Balaban J connectivity index is 1.90. The third-order valence-electron chi connectivity index (χ3n) is 3.22. The molecule has 0 atom stereocenters. The van der Waals surface area contributed by atoms with E-state index in [1.807, 2.05) is 32.0 Å². The lowest BCUT2D eigenvalue weighted by molar-refractivity contribution is -0.126. The minimum Gasteiger partial charge on any atom is -0.490 e. The highest BCUT2D eigenvalue weighted by Crippen LogP contribution is 2.29. The van der Waals surface area contributed by atoms with Gasteiger partial charge in [0.1, 0.15) is 12.2 Å². The second kappa shape index (κ2) is 9.94. The van der Waals surface area contributed by atoms with Crippen LogP contribution in [0.2, 0.25) is 10.0 Å². The van der Waals surface area contributed by atoms with Crippen molar-refractivity contribution in [3.8, 4) is 5.75 Å². The summed E-state index contributed by atoms with van der Waals surface area (Å²) in [7, 11) is 0. The van der Waals surface area contributed by atoms with E-state index in [0.29, 0.717) is 22.0 Å². The van der Waals surface area contributed by atoms with Crippen molar-refractivity contribution in [2.24, 2.45) is 5.10 Å².